The van der Waals surface area contributed by atoms with Crippen LogP contribution in [0.1, 0.15) is 10.4 Å². The first kappa shape index (κ1) is 19.0. The average Bonchev–Trinajstić information content (AvgIpc) is 3.16. The minimum Gasteiger partial charge on any atom is -0.352 e. The van der Waals surface area contributed by atoms with E-state index in [-0.39, 0.29) is 0 Å². The van der Waals surface area contributed by atoms with Crippen LogP contribution in [0.4, 0.5) is 5.82 Å². The third kappa shape index (κ3) is 3.67. The molecular weight excluding hydrogens is 392 g/mol. The van der Waals surface area contributed by atoms with Gasteiger partial charge in [-0.25, -0.2) is 8.42 Å². The van der Waals surface area contributed by atoms with Crippen molar-refractivity contribution in [3.63, 3.8) is 0 Å². The summed E-state index contributed by atoms with van der Waals surface area (Å²) in [6.07, 6.45) is 0. The second kappa shape index (κ2) is 7.62. The van der Waals surface area contributed by atoms with Gasteiger partial charge in [-0.15, -0.1) is 21.5 Å². The van der Waals surface area contributed by atoms with Crippen LogP contribution in [0.2, 0.25) is 0 Å². The van der Waals surface area contributed by atoms with Gasteiger partial charge < -0.3 is 4.90 Å². The van der Waals surface area contributed by atoms with Gasteiger partial charge in [-0.3, -0.25) is 0 Å². The highest BCUT2D eigenvalue weighted by atomic mass is 32.2. The maximum absolute atomic E-state index is 12.8. The molecule has 0 N–H and O–H groups in total. The van der Waals surface area contributed by atoms with Crippen molar-refractivity contribution in [3.05, 3.63) is 59.0 Å². The molecule has 0 bridgehead atoms. The van der Waals surface area contributed by atoms with Crippen LogP contribution in [-0.4, -0.2) is 49.1 Å². The van der Waals surface area contributed by atoms with E-state index in [4.69, 9.17) is 0 Å². The predicted molar refractivity (Wildman–Crippen MR) is 112 cm³/mol. The van der Waals surface area contributed by atoms with Gasteiger partial charge in [0.15, 0.2) is 5.82 Å². The largest absolute Gasteiger partial charge is 0.352 e. The summed E-state index contributed by atoms with van der Waals surface area (Å²) >= 11 is 1.32. The van der Waals surface area contributed by atoms with Gasteiger partial charge in [0.1, 0.15) is 4.21 Å². The van der Waals surface area contributed by atoms with E-state index in [1.54, 1.807) is 10.4 Å². The predicted octanol–water partition coefficient (Wildman–Crippen LogP) is 3.33. The van der Waals surface area contributed by atoms with Crippen LogP contribution < -0.4 is 4.90 Å². The zero-order chi connectivity index (χ0) is 19.7. The van der Waals surface area contributed by atoms with E-state index in [1.807, 2.05) is 43.3 Å². The van der Waals surface area contributed by atoms with E-state index < -0.39 is 10.0 Å². The fourth-order valence-electron chi connectivity index (χ4n) is 3.33. The van der Waals surface area contributed by atoms with Crippen molar-refractivity contribution >= 4 is 27.2 Å². The lowest BCUT2D eigenvalue weighted by atomic mass is 10.1. The summed E-state index contributed by atoms with van der Waals surface area (Å²) in [6.45, 7) is 6.06. The van der Waals surface area contributed by atoms with Crippen LogP contribution in [0.3, 0.4) is 0 Å². The number of rotatable bonds is 4. The fourth-order valence-corrected chi connectivity index (χ4v) is 6.19. The van der Waals surface area contributed by atoms with Gasteiger partial charge in [0.05, 0.1) is 5.69 Å². The Labute approximate surface area is 169 Å². The Hall–Kier alpha value is -2.29. The van der Waals surface area contributed by atoms with Crippen LogP contribution in [0.15, 0.2) is 52.7 Å². The Morgan fingerprint density at radius 1 is 0.893 bits per heavy atom. The number of hydrogen-bond donors (Lipinski definition) is 0. The van der Waals surface area contributed by atoms with Gasteiger partial charge in [0.25, 0.3) is 10.0 Å². The molecule has 146 valence electrons. The molecule has 3 aromatic rings. The van der Waals surface area contributed by atoms with Crippen LogP contribution in [0.5, 0.6) is 0 Å². The van der Waals surface area contributed by atoms with Gasteiger partial charge in [-0.2, -0.15) is 4.31 Å². The van der Waals surface area contributed by atoms with E-state index in [1.165, 1.54) is 11.3 Å². The number of nitrogens with zero attached hydrogens (tertiary/aromatic N) is 4. The van der Waals surface area contributed by atoms with E-state index in [9.17, 15) is 8.42 Å². The van der Waals surface area contributed by atoms with E-state index in [0.717, 1.165) is 27.5 Å². The number of hydrogen-bond acceptors (Lipinski definition) is 6. The van der Waals surface area contributed by atoms with Crippen LogP contribution in [0.25, 0.3) is 11.3 Å². The Morgan fingerprint density at radius 2 is 1.64 bits per heavy atom. The third-order valence-electron chi connectivity index (χ3n) is 4.94. The quantitative estimate of drug-likeness (QED) is 0.655. The van der Waals surface area contributed by atoms with Crippen molar-refractivity contribution in [2.45, 2.75) is 18.1 Å². The Bertz CT molecular complexity index is 1070. The lowest BCUT2D eigenvalue weighted by Crippen LogP contribution is -2.48. The topological polar surface area (TPSA) is 66.4 Å². The minimum absolute atomic E-state index is 0.417. The molecule has 2 aromatic heterocycles. The molecule has 0 unspecified atom stereocenters. The number of aromatic nitrogens is 2. The number of anilines is 1. The molecule has 1 fully saturated rings. The van der Waals surface area contributed by atoms with Crippen molar-refractivity contribution < 1.29 is 8.42 Å². The second-order valence-corrected chi connectivity index (χ2v) is 10.3. The first-order valence-corrected chi connectivity index (χ1v) is 11.4. The van der Waals surface area contributed by atoms with Crippen molar-refractivity contribution in [2.75, 3.05) is 31.1 Å². The van der Waals surface area contributed by atoms with Crippen molar-refractivity contribution in [1.82, 2.24) is 14.5 Å². The van der Waals surface area contributed by atoms with Crippen molar-refractivity contribution in [1.29, 1.82) is 0 Å². The molecule has 0 spiro atoms. The summed E-state index contributed by atoms with van der Waals surface area (Å²) < 4.78 is 27.5. The zero-order valence-electron chi connectivity index (χ0n) is 15.9. The smallest absolute Gasteiger partial charge is 0.252 e. The van der Waals surface area contributed by atoms with Crippen LogP contribution in [-0.2, 0) is 10.0 Å². The van der Waals surface area contributed by atoms with E-state index >= 15 is 0 Å². The van der Waals surface area contributed by atoms with Gasteiger partial charge in [-0.1, -0.05) is 24.3 Å². The summed E-state index contributed by atoms with van der Waals surface area (Å²) in [4.78, 5) is 3.08. The van der Waals surface area contributed by atoms with Gasteiger partial charge in [0.2, 0.25) is 0 Å². The first-order chi connectivity index (χ1) is 13.4. The molecule has 0 amide bonds. The van der Waals surface area contributed by atoms with Crippen molar-refractivity contribution in [3.8, 4) is 11.3 Å². The normalized spacial score (nSPS) is 15.7. The van der Waals surface area contributed by atoms with E-state index in [0.29, 0.717) is 30.4 Å². The molecule has 0 atom stereocenters. The summed E-state index contributed by atoms with van der Waals surface area (Å²) in [5, 5.41) is 8.76. The lowest BCUT2D eigenvalue weighted by Gasteiger charge is -2.34. The maximum Gasteiger partial charge on any atom is 0.252 e. The van der Waals surface area contributed by atoms with Gasteiger partial charge >= 0.3 is 0 Å². The molecule has 8 heteroatoms. The molecule has 1 aromatic carbocycles. The standard InChI is InChI=1S/C20H22N4O2S2/c1-15-5-3-4-6-17(15)18-8-9-19(22-21-18)23-11-13-24(14-12-23)28(25,26)20-10-7-16(2)27-20/h3-10H,11-14H2,1-2H3. The molecular formula is C20H22N4O2S2. The molecule has 0 saturated carbocycles. The highest BCUT2D eigenvalue weighted by Crippen LogP contribution is 2.26. The molecule has 1 aliphatic heterocycles. The number of piperazine rings is 1. The number of benzene rings is 1. The fraction of sp³-hybridized carbons (Fsp3) is 0.300. The highest BCUT2D eigenvalue weighted by Gasteiger charge is 2.30. The maximum atomic E-state index is 12.8. The number of thiophene rings is 1. The van der Waals surface area contributed by atoms with E-state index in [2.05, 4.69) is 28.1 Å². The molecule has 6 nitrogen and oxygen atoms in total. The molecule has 4 rings (SSSR count). The second-order valence-electron chi connectivity index (χ2n) is 6.85. The third-order valence-corrected chi connectivity index (χ3v) is 8.31. The first-order valence-electron chi connectivity index (χ1n) is 9.16. The lowest BCUT2D eigenvalue weighted by molar-refractivity contribution is 0.384. The summed E-state index contributed by atoms with van der Waals surface area (Å²) in [5.74, 6) is 0.779. The molecule has 3 heterocycles. The molecule has 0 aliphatic carbocycles. The minimum atomic E-state index is -3.41. The van der Waals surface area contributed by atoms with Crippen molar-refractivity contribution in [2.24, 2.45) is 0 Å². The SMILES string of the molecule is Cc1ccc(S(=O)(=O)N2CCN(c3ccc(-c4ccccc4C)nn3)CC2)s1. The molecule has 28 heavy (non-hydrogen) atoms. The molecule has 1 saturated heterocycles. The zero-order valence-corrected chi connectivity index (χ0v) is 17.5. The Kier molecular flexibility index (Phi) is 5.18. The Balaban J connectivity index is 1.45. The summed E-state index contributed by atoms with van der Waals surface area (Å²) in [5.41, 5.74) is 3.08. The molecule has 1 aliphatic rings. The number of aryl methyl sites for hydroxylation is 2. The summed E-state index contributed by atoms with van der Waals surface area (Å²) in [7, 11) is -3.41. The van der Waals surface area contributed by atoms with Crippen LogP contribution in [0, 0.1) is 13.8 Å². The number of sulfonamides is 1. The highest BCUT2D eigenvalue weighted by molar-refractivity contribution is 7.91. The molecule has 0 radical (unpaired) electrons. The average molecular weight is 415 g/mol. The monoisotopic (exact) mass is 414 g/mol. The van der Waals surface area contributed by atoms with Crippen LogP contribution >= 0.6 is 11.3 Å². The van der Waals surface area contributed by atoms with Gasteiger partial charge in [-0.05, 0) is 43.7 Å². The van der Waals surface area contributed by atoms with Gasteiger partial charge in [0, 0.05) is 36.6 Å². The summed E-state index contributed by atoms with van der Waals surface area (Å²) in [6, 6.07) is 15.6. The Morgan fingerprint density at radius 3 is 2.25 bits per heavy atom.